The van der Waals surface area contributed by atoms with Gasteiger partial charge >= 0.3 is 0 Å². The van der Waals surface area contributed by atoms with Gasteiger partial charge in [-0.05, 0) is 22.9 Å². The number of nitrogens with two attached hydrogens (primary N) is 1. The molecule has 0 aliphatic heterocycles. The van der Waals surface area contributed by atoms with Gasteiger partial charge in [0.25, 0.3) is 0 Å². The van der Waals surface area contributed by atoms with E-state index in [0.717, 1.165) is 11.3 Å². The Hall–Kier alpha value is 0.0700. The molecule has 1 atom stereocenters. The SMILES string of the molecule is CC(C)SCC(NN)c1ccc(Cl)c(Cl)c1. The van der Waals surface area contributed by atoms with Gasteiger partial charge < -0.3 is 0 Å². The largest absolute Gasteiger partial charge is 0.271 e. The highest BCUT2D eigenvalue weighted by atomic mass is 35.5. The number of halogens is 2. The second-order valence-corrected chi connectivity index (χ2v) is 6.20. The number of thioether (sulfide) groups is 1. The summed E-state index contributed by atoms with van der Waals surface area (Å²) in [6, 6.07) is 5.69. The zero-order chi connectivity index (χ0) is 12.1. The van der Waals surface area contributed by atoms with Crippen molar-refractivity contribution < 1.29 is 0 Å². The van der Waals surface area contributed by atoms with Gasteiger partial charge in [0.2, 0.25) is 0 Å². The molecular formula is C11H16Cl2N2S. The highest BCUT2D eigenvalue weighted by molar-refractivity contribution is 7.99. The van der Waals surface area contributed by atoms with Crippen LogP contribution in [0.4, 0.5) is 0 Å². The molecule has 16 heavy (non-hydrogen) atoms. The van der Waals surface area contributed by atoms with Crippen molar-refractivity contribution in [2.24, 2.45) is 5.84 Å². The third kappa shape index (κ3) is 4.15. The van der Waals surface area contributed by atoms with Crippen LogP contribution in [0.1, 0.15) is 25.5 Å². The Morgan fingerprint density at radius 3 is 2.50 bits per heavy atom. The van der Waals surface area contributed by atoms with Crippen molar-refractivity contribution >= 4 is 35.0 Å². The van der Waals surface area contributed by atoms with E-state index in [1.165, 1.54) is 0 Å². The molecule has 0 saturated heterocycles. The minimum absolute atomic E-state index is 0.0992. The monoisotopic (exact) mass is 278 g/mol. The smallest absolute Gasteiger partial charge is 0.0595 e. The maximum atomic E-state index is 5.97. The molecule has 0 aliphatic rings. The molecule has 5 heteroatoms. The molecule has 2 nitrogen and oxygen atoms in total. The van der Waals surface area contributed by atoms with Gasteiger partial charge in [0.15, 0.2) is 0 Å². The quantitative estimate of drug-likeness (QED) is 0.638. The van der Waals surface area contributed by atoms with E-state index in [-0.39, 0.29) is 6.04 Å². The van der Waals surface area contributed by atoms with Gasteiger partial charge in [-0.1, -0.05) is 43.1 Å². The van der Waals surface area contributed by atoms with Crippen LogP contribution in [0.25, 0.3) is 0 Å². The average Bonchev–Trinajstić information content (AvgIpc) is 2.23. The van der Waals surface area contributed by atoms with Gasteiger partial charge in [0, 0.05) is 5.75 Å². The van der Waals surface area contributed by atoms with E-state index < -0.39 is 0 Å². The molecule has 0 aliphatic carbocycles. The van der Waals surface area contributed by atoms with Crippen molar-refractivity contribution in [1.29, 1.82) is 0 Å². The summed E-state index contributed by atoms with van der Waals surface area (Å²) < 4.78 is 0. The van der Waals surface area contributed by atoms with E-state index in [1.807, 2.05) is 23.9 Å². The van der Waals surface area contributed by atoms with Crippen molar-refractivity contribution in [2.75, 3.05) is 5.75 Å². The molecule has 1 unspecified atom stereocenters. The van der Waals surface area contributed by atoms with E-state index in [2.05, 4.69) is 19.3 Å². The Labute approximate surface area is 111 Å². The average molecular weight is 279 g/mol. The van der Waals surface area contributed by atoms with Gasteiger partial charge in [-0.3, -0.25) is 11.3 Å². The number of benzene rings is 1. The highest BCUT2D eigenvalue weighted by Gasteiger charge is 2.12. The molecule has 0 saturated carbocycles. The normalized spacial score (nSPS) is 13.1. The molecule has 1 aromatic rings. The van der Waals surface area contributed by atoms with Crippen molar-refractivity contribution in [3.05, 3.63) is 33.8 Å². The molecule has 1 aromatic carbocycles. The van der Waals surface area contributed by atoms with Crippen LogP contribution in [0, 0.1) is 0 Å². The third-order valence-corrected chi connectivity index (χ3v) is 4.07. The first-order chi connectivity index (χ1) is 7.54. The van der Waals surface area contributed by atoms with Crippen LogP contribution in [0.15, 0.2) is 18.2 Å². The summed E-state index contributed by atoms with van der Waals surface area (Å²) in [5.41, 5.74) is 3.86. The van der Waals surface area contributed by atoms with Crippen LogP contribution in [0.5, 0.6) is 0 Å². The molecule has 0 bridgehead atoms. The number of hydrogen-bond acceptors (Lipinski definition) is 3. The van der Waals surface area contributed by atoms with Gasteiger partial charge in [-0.25, -0.2) is 0 Å². The van der Waals surface area contributed by atoms with Crippen LogP contribution < -0.4 is 11.3 Å². The van der Waals surface area contributed by atoms with Crippen LogP contribution in [0.2, 0.25) is 10.0 Å². The van der Waals surface area contributed by atoms with E-state index >= 15 is 0 Å². The minimum Gasteiger partial charge on any atom is -0.271 e. The van der Waals surface area contributed by atoms with Crippen LogP contribution in [-0.4, -0.2) is 11.0 Å². The molecule has 3 N–H and O–H groups in total. The van der Waals surface area contributed by atoms with E-state index in [4.69, 9.17) is 29.0 Å². The third-order valence-electron chi connectivity index (χ3n) is 2.14. The predicted molar refractivity (Wildman–Crippen MR) is 74.1 cm³/mol. The van der Waals surface area contributed by atoms with Crippen LogP contribution in [0.3, 0.4) is 0 Å². The van der Waals surface area contributed by atoms with E-state index in [1.54, 1.807) is 6.07 Å². The number of hydrogen-bond donors (Lipinski definition) is 2. The zero-order valence-electron chi connectivity index (χ0n) is 9.34. The van der Waals surface area contributed by atoms with Gasteiger partial charge in [-0.2, -0.15) is 11.8 Å². The maximum Gasteiger partial charge on any atom is 0.0595 e. The summed E-state index contributed by atoms with van der Waals surface area (Å²) in [5, 5.41) is 1.71. The first kappa shape index (κ1) is 14.1. The topological polar surface area (TPSA) is 38.0 Å². The highest BCUT2D eigenvalue weighted by Crippen LogP contribution is 2.27. The number of rotatable bonds is 5. The summed E-state index contributed by atoms with van der Waals surface area (Å²) in [6.07, 6.45) is 0. The molecule has 90 valence electrons. The van der Waals surface area contributed by atoms with Crippen LogP contribution >= 0.6 is 35.0 Å². The first-order valence-corrected chi connectivity index (χ1v) is 6.87. The second kappa shape index (κ2) is 6.72. The molecule has 1 rings (SSSR count). The van der Waals surface area contributed by atoms with Crippen molar-refractivity contribution in [3.63, 3.8) is 0 Å². The Balaban J connectivity index is 2.74. The molecular weight excluding hydrogens is 263 g/mol. The number of nitrogens with one attached hydrogen (secondary N) is 1. The summed E-state index contributed by atoms with van der Waals surface area (Å²) in [4.78, 5) is 0. The molecule has 0 radical (unpaired) electrons. The lowest BCUT2D eigenvalue weighted by Gasteiger charge is -2.17. The summed E-state index contributed by atoms with van der Waals surface area (Å²) >= 11 is 13.7. The molecule has 0 fully saturated rings. The first-order valence-electron chi connectivity index (χ1n) is 5.07. The second-order valence-electron chi connectivity index (χ2n) is 3.77. The fourth-order valence-electron chi connectivity index (χ4n) is 1.26. The van der Waals surface area contributed by atoms with Crippen molar-refractivity contribution in [2.45, 2.75) is 25.1 Å². The van der Waals surface area contributed by atoms with Crippen molar-refractivity contribution in [3.8, 4) is 0 Å². The van der Waals surface area contributed by atoms with Gasteiger partial charge in [-0.15, -0.1) is 0 Å². The fourth-order valence-corrected chi connectivity index (χ4v) is 2.43. The van der Waals surface area contributed by atoms with E-state index in [9.17, 15) is 0 Å². The molecule has 0 amide bonds. The van der Waals surface area contributed by atoms with Gasteiger partial charge in [0.1, 0.15) is 0 Å². The lowest BCUT2D eigenvalue weighted by Crippen LogP contribution is -2.30. The summed E-state index contributed by atoms with van der Waals surface area (Å²) in [5.74, 6) is 6.45. The van der Waals surface area contributed by atoms with Gasteiger partial charge in [0.05, 0.1) is 16.1 Å². The Morgan fingerprint density at radius 1 is 1.31 bits per heavy atom. The Bertz CT molecular complexity index is 345. The minimum atomic E-state index is 0.0992. The van der Waals surface area contributed by atoms with Crippen molar-refractivity contribution in [1.82, 2.24) is 5.43 Å². The molecule has 0 heterocycles. The molecule has 0 spiro atoms. The standard InChI is InChI=1S/C11H16Cl2N2S/c1-7(2)16-6-11(15-14)8-3-4-9(12)10(13)5-8/h3-5,7,11,15H,6,14H2,1-2H3. The Kier molecular flexibility index (Phi) is 5.94. The Morgan fingerprint density at radius 2 is 2.00 bits per heavy atom. The lowest BCUT2D eigenvalue weighted by molar-refractivity contribution is 0.610. The fraction of sp³-hybridized carbons (Fsp3) is 0.455. The predicted octanol–water partition coefficient (Wildman–Crippen LogP) is 3.64. The maximum absolute atomic E-state index is 5.97. The summed E-state index contributed by atoms with van der Waals surface area (Å²) in [7, 11) is 0. The lowest BCUT2D eigenvalue weighted by atomic mass is 10.1. The number of hydrazine groups is 1. The van der Waals surface area contributed by atoms with Crippen LogP contribution in [-0.2, 0) is 0 Å². The zero-order valence-corrected chi connectivity index (χ0v) is 11.7. The summed E-state index contributed by atoms with van der Waals surface area (Å²) in [6.45, 7) is 4.32. The van der Waals surface area contributed by atoms with E-state index in [0.29, 0.717) is 15.3 Å². The molecule has 0 aromatic heterocycles.